The van der Waals surface area contributed by atoms with Gasteiger partial charge >= 0.3 is 5.97 Å². The molecule has 0 unspecified atom stereocenters. The van der Waals surface area contributed by atoms with Crippen molar-refractivity contribution in [2.45, 2.75) is 26.2 Å². The van der Waals surface area contributed by atoms with Crippen LogP contribution < -0.4 is 10.9 Å². The van der Waals surface area contributed by atoms with Gasteiger partial charge in [-0.1, -0.05) is 52.6 Å². The highest BCUT2D eigenvalue weighted by atomic mass is 35.5. The molecular formula is C26H24Cl2FN3O5. The maximum Gasteiger partial charge on any atom is 0.305 e. The molecule has 1 amide bonds. The van der Waals surface area contributed by atoms with Crippen molar-refractivity contribution in [1.29, 1.82) is 0 Å². The molecule has 2 aromatic carbocycles. The third-order valence-electron chi connectivity index (χ3n) is 5.32. The third kappa shape index (κ3) is 7.18. The van der Waals surface area contributed by atoms with Gasteiger partial charge in [0.25, 0.3) is 11.5 Å². The lowest BCUT2D eigenvalue weighted by Gasteiger charge is -2.07. The van der Waals surface area contributed by atoms with Gasteiger partial charge in [0.1, 0.15) is 27.9 Å². The Morgan fingerprint density at radius 1 is 1.11 bits per heavy atom. The van der Waals surface area contributed by atoms with E-state index in [1.807, 2.05) is 24.3 Å². The molecule has 0 radical (unpaired) electrons. The van der Waals surface area contributed by atoms with Gasteiger partial charge in [-0.2, -0.15) is 0 Å². The minimum Gasteiger partial charge on any atom is -0.469 e. The zero-order valence-corrected chi connectivity index (χ0v) is 21.6. The number of nitrogens with one attached hydrogen (secondary N) is 2. The number of para-hydroxylation sites is 1. The minimum atomic E-state index is -0.590. The number of aryl methyl sites for hydroxylation is 1. The fourth-order valence-corrected chi connectivity index (χ4v) is 3.86. The average Bonchev–Trinajstić information content (AvgIpc) is 3.25. The Balaban J connectivity index is 0.000000262. The topological polar surface area (TPSA) is 114 Å². The van der Waals surface area contributed by atoms with Crippen molar-refractivity contribution < 1.29 is 23.2 Å². The van der Waals surface area contributed by atoms with E-state index in [2.05, 4.69) is 20.2 Å². The van der Waals surface area contributed by atoms with Crippen LogP contribution in [0.25, 0.3) is 22.2 Å². The number of hydrogen-bond donors (Lipinski definition) is 2. The fourth-order valence-electron chi connectivity index (χ4n) is 3.44. The molecule has 37 heavy (non-hydrogen) atoms. The van der Waals surface area contributed by atoms with Crippen LogP contribution in [-0.2, 0) is 9.53 Å². The zero-order chi connectivity index (χ0) is 26.9. The van der Waals surface area contributed by atoms with Crippen LogP contribution in [0.1, 0.15) is 35.4 Å². The number of ether oxygens (including phenoxy) is 1. The van der Waals surface area contributed by atoms with Crippen LogP contribution in [0.5, 0.6) is 0 Å². The summed E-state index contributed by atoms with van der Waals surface area (Å²) < 4.78 is 23.7. The van der Waals surface area contributed by atoms with E-state index in [0.29, 0.717) is 19.4 Å². The van der Waals surface area contributed by atoms with Gasteiger partial charge in [0.05, 0.1) is 17.7 Å². The van der Waals surface area contributed by atoms with E-state index in [0.717, 1.165) is 10.9 Å². The number of pyridine rings is 1. The summed E-state index contributed by atoms with van der Waals surface area (Å²) in [7, 11) is 1.33. The molecule has 0 aliphatic rings. The minimum absolute atomic E-state index is 0.0249. The smallest absolute Gasteiger partial charge is 0.305 e. The number of aromatic amines is 1. The predicted molar refractivity (Wildman–Crippen MR) is 139 cm³/mol. The molecule has 0 saturated carbocycles. The van der Waals surface area contributed by atoms with Gasteiger partial charge in [-0.3, -0.25) is 14.4 Å². The molecule has 4 rings (SSSR count). The normalized spacial score (nSPS) is 10.5. The van der Waals surface area contributed by atoms with Crippen molar-refractivity contribution in [2.75, 3.05) is 13.7 Å². The summed E-state index contributed by atoms with van der Waals surface area (Å²) in [6, 6.07) is 13.4. The van der Waals surface area contributed by atoms with Gasteiger partial charge in [0.2, 0.25) is 0 Å². The Kier molecular flexibility index (Phi) is 9.82. The Morgan fingerprint density at radius 2 is 1.86 bits per heavy atom. The first-order valence-electron chi connectivity index (χ1n) is 11.3. The van der Waals surface area contributed by atoms with Crippen molar-refractivity contribution in [3.63, 3.8) is 0 Å². The first-order chi connectivity index (χ1) is 17.7. The van der Waals surface area contributed by atoms with Gasteiger partial charge < -0.3 is 19.6 Å². The molecule has 0 aliphatic carbocycles. The van der Waals surface area contributed by atoms with E-state index in [9.17, 15) is 18.8 Å². The predicted octanol–water partition coefficient (Wildman–Crippen LogP) is 5.70. The Morgan fingerprint density at radius 3 is 2.59 bits per heavy atom. The number of aromatic nitrogens is 2. The number of unbranched alkanes of at least 4 members (excludes halogenated alkanes) is 1. The monoisotopic (exact) mass is 547 g/mol. The molecule has 0 bridgehead atoms. The highest BCUT2D eigenvalue weighted by molar-refractivity contribution is 6.33. The second kappa shape index (κ2) is 13.0. The van der Waals surface area contributed by atoms with Gasteiger partial charge in [-0.25, -0.2) is 4.39 Å². The number of hydrogen-bond acceptors (Lipinski definition) is 6. The van der Waals surface area contributed by atoms with Crippen LogP contribution in [0.15, 0.2) is 57.8 Å². The van der Waals surface area contributed by atoms with Crippen molar-refractivity contribution in [3.8, 4) is 11.3 Å². The number of halogens is 3. The Bertz CT molecular complexity index is 1450. The van der Waals surface area contributed by atoms with Gasteiger partial charge in [-0.15, -0.1) is 0 Å². The van der Waals surface area contributed by atoms with Crippen molar-refractivity contribution >= 4 is 46.0 Å². The molecule has 2 N–H and O–H groups in total. The molecule has 0 saturated heterocycles. The average molecular weight is 548 g/mol. The first-order valence-corrected chi connectivity index (χ1v) is 12.0. The number of rotatable bonds is 7. The number of fused-ring (bicyclic) bond motifs is 1. The molecule has 0 spiro atoms. The maximum absolute atomic E-state index is 14.1. The summed E-state index contributed by atoms with van der Waals surface area (Å²) in [5.41, 5.74) is 0.798. The highest BCUT2D eigenvalue weighted by Gasteiger charge is 2.25. The van der Waals surface area contributed by atoms with Gasteiger partial charge in [0, 0.05) is 18.5 Å². The number of esters is 1. The molecule has 194 valence electrons. The SMILES string of the molecule is COC(=O)CCCCNC(=O)c1c(-c2c(F)cccc2Cl)noc1C.O=c1[nH]c2ccccc2cc1Cl. The molecule has 0 fully saturated rings. The maximum atomic E-state index is 14.1. The number of amides is 1. The second-order valence-corrected chi connectivity index (χ2v) is 8.70. The summed E-state index contributed by atoms with van der Waals surface area (Å²) in [6.45, 7) is 1.92. The number of carbonyl (C=O) groups excluding carboxylic acids is 2. The van der Waals surface area contributed by atoms with E-state index in [-0.39, 0.29) is 50.6 Å². The zero-order valence-electron chi connectivity index (χ0n) is 20.1. The molecule has 0 aliphatic heterocycles. The van der Waals surface area contributed by atoms with E-state index in [1.165, 1.54) is 25.3 Å². The largest absolute Gasteiger partial charge is 0.469 e. The summed E-state index contributed by atoms with van der Waals surface area (Å²) >= 11 is 11.7. The number of H-pyrrole nitrogens is 1. The summed E-state index contributed by atoms with van der Waals surface area (Å²) in [5.74, 6) is -1.06. The lowest BCUT2D eigenvalue weighted by Crippen LogP contribution is -2.25. The molecule has 2 heterocycles. The summed E-state index contributed by atoms with van der Waals surface area (Å²) in [5, 5.41) is 7.81. The summed E-state index contributed by atoms with van der Waals surface area (Å²) in [4.78, 5) is 37.2. The number of benzene rings is 2. The van der Waals surface area contributed by atoms with Crippen LogP contribution in [0, 0.1) is 12.7 Å². The van der Waals surface area contributed by atoms with E-state index in [1.54, 1.807) is 13.0 Å². The quantitative estimate of drug-likeness (QED) is 0.226. The first kappa shape index (κ1) is 27.9. The van der Waals surface area contributed by atoms with Gasteiger partial charge in [-0.05, 0) is 49.4 Å². The third-order valence-corrected chi connectivity index (χ3v) is 5.91. The molecule has 0 atom stereocenters. The second-order valence-electron chi connectivity index (χ2n) is 7.88. The number of nitrogens with zero attached hydrogens (tertiary/aromatic N) is 1. The van der Waals surface area contributed by atoms with E-state index in [4.69, 9.17) is 27.7 Å². The standard InChI is InChI=1S/C17H18ClFN2O4.C9H6ClNO/c1-10-14(17(23)20-9-4-3-8-13(22)24-2)16(21-25-10)15-11(18)6-5-7-12(15)19;10-7-5-6-3-1-2-4-8(6)11-9(7)12/h5-7H,3-4,8-9H2,1-2H3,(H,20,23);1-5H,(H,11,12). The van der Waals surface area contributed by atoms with Crippen LogP contribution in [-0.4, -0.2) is 35.7 Å². The summed E-state index contributed by atoms with van der Waals surface area (Å²) in [6.07, 6.45) is 1.47. The lowest BCUT2D eigenvalue weighted by atomic mass is 10.0. The molecule has 11 heteroatoms. The highest BCUT2D eigenvalue weighted by Crippen LogP contribution is 2.33. The molecule has 4 aromatic rings. The Labute approximate surface area is 221 Å². The lowest BCUT2D eigenvalue weighted by molar-refractivity contribution is -0.140. The van der Waals surface area contributed by atoms with Crippen LogP contribution in [0.4, 0.5) is 4.39 Å². The molecule has 8 nitrogen and oxygen atoms in total. The fraction of sp³-hybridized carbons (Fsp3) is 0.231. The van der Waals surface area contributed by atoms with Crippen LogP contribution >= 0.6 is 23.2 Å². The van der Waals surface area contributed by atoms with E-state index < -0.39 is 11.7 Å². The number of carbonyl (C=O) groups is 2. The van der Waals surface area contributed by atoms with Gasteiger partial charge in [0.15, 0.2) is 0 Å². The van der Waals surface area contributed by atoms with Crippen LogP contribution in [0.3, 0.4) is 0 Å². The van der Waals surface area contributed by atoms with Crippen LogP contribution in [0.2, 0.25) is 10.0 Å². The number of methoxy groups -OCH3 is 1. The molecule has 2 aromatic heterocycles. The molecular weight excluding hydrogens is 524 g/mol. The van der Waals surface area contributed by atoms with E-state index >= 15 is 0 Å². The Hall–Kier alpha value is -3.69. The van der Waals surface area contributed by atoms with Crippen molar-refractivity contribution in [3.05, 3.63) is 86.1 Å². The van der Waals surface area contributed by atoms with Crippen molar-refractivity contribution in [1.82, 2.24) is 15.5 Å². The van der Waals surface area contributed by atoms with Crippen molar-refractivity contribution in [2.24, 2.45) is 0 Å².